The molecule has 76 valence electrons. The van der Waals surface area contributed by atoms with Crippen LogP contribution in [0.3, 0.4) is 0 Å². The molecule has 0 atom stereocenters. The van der Waals surface area contributed by atoms with E-state index in [1.54, 1.807) is 0 Å². The minimum absolute atomic E-state index is 0.0318. The smallest absolute Gasteiger partial charge is 0.0930 e. The molecule has 1 nitrogen and oxygen atoms in total. The lowest BCUT2D eigenvalue weighted by Gasteiger charge is -2.14. The molecule has 0 bridgehead atoms. The van der Waals surface area contributed by atoms with Gasteiger partial charge in [-0.05, 0) is 35.2 Å². The van der Waals surface area contributed by atoms with E-state index in [9.17, 15) is 0 Å². The molecule has 2 aromatic rings. The molecule has 0 heterocycles. The first kappa shape index (κ1) is 8.93. The van der Waals surface area contributed by atoms with E-state index >= 15 is 0 Å². The van der Waals surface area contributed by atoms with Crippen molar-refractivity contribution in [3.05, 3.63) is 48.0 Å². The van der Waals surface area contributed by atoms with E-state index in [0.29, 0.717) is 0 Å². The van der Waals surface area contributed by atoms with Crippen LogP contribution in [0, 0.1) is 0 Å². The van der Waals surface area contributed by atoms with Crippen LogP contribution in [0.4, 0.5) is 0 Å². The van der Waals surface area contributed by atoms with Gasteiger partial charge in [-0.1, -0.05) is 36.4 Å². The second kappa shape index (κ2) is 3.07. The highest BCUT2D eigenvalue weighted by Gasteiger charge is 2.44. The van der Waals surface area contributed by atoms with Crippen molar-refractivity contribution in [3.63, 3.8) is 0 Å². The molecular formula is C14H14O. The first-order chi connectivity index (χ1) is 7.34. The fourth-order valence-electron chi connectivity index (χ4n) is 2.20. The molecule has 0 amide bonds. The minimum atomic E-state index is 0.0318. The molecule has 1 saturated carbocycles. The molecule has 1 heteroatoms. The molecule has 0 spiro atoms. The summed E-state index contributed by atoms with van der Waals surface area (Å²) in [7, 11) is 1.81. The molecule has 3 rings (SSSR count). The Morgan fingerprint density at radius 2 is 1.73 bits per heavy atom. The highest BCUT2D eigenvalue weighted by molar-refractivity contribution is 5.83. The Morgan fingerprint density at radius 3 is 2.40 bits per heavy atom. The molecule has 0 aromatic heterocycles. The van der Waals surface area contributed by atoms with Crippen molar-refractivity contribution in [2.75, 3.05) is 7.11 Å². The van der Waals surface area contributed by atoms with E-state index in [-0.39, 0.29) is 5.60 Å². The van der Waals surface area contributed by atoms with Gasteiger partial charge in [0, 0.05) is 7.11 Å². The van der Waals surface area contributed by atoms with Gasteiger partial charge >= 0.3 is 0 Å². The van der Waals surface area contributed by atoms with Gasteiger partial charge in [0.15, 0.2) is 0 Å². The van der Waals surface area contributed by atoms with Crippen LogP contribution in [0.5, 0.6) is 0 Å². The van der Waals surface area contributed by atoms with Gasteiger partial charge in [-0.15, -0.1) is 0 Å². The van der Waals surface area contributed by atoms with Gasteiger partial charge in [0.1, 0.15) is 0 Å². The lowest BCUT2D eigenvalue weighted by Crippen LogP contribution is -2.08. The van der Waals surface area contributed by atoms with E-state index < -0.39 is 0 Å². The van der Waals surface area contributed by atoms with Crippen molar-refractivity contribution in [3.8, 4) is 0 Å². The van der Waals surface area contributed by atoms with Crippen molar-refractivity contribution in [2.24, 2.45) is 0 Å². The second-order valence-corrected chi connectivity index (χ2v) is 4.26. The first-order valence-corrected chi connectivity index (χ1v) is 5.38. The number of methoxy groups -OCH3 is 1. The summed E-state index contributed by atoms with van der Waals surface area (Å²) in [6, 6.07) is 15.1. The zero-order chi connectivity index (χ0) is 10.3. The Bertz CT molecular complexity index is 497. The van der Waals surface area contributed by atoms with E-state index in [4.69, 9.17) is 4.74 Å². The van der Waals surface area contributed by atoms with Gasteiger partial charge < -0.3 is 4.74 Å². The second-order valence-electron chi connectivity index (χ2n) is 4.26. The maximum absolute atomic E-state index is 5.58. The summed E-state index contributed by atoms with van der Waals surface area (Å²) in [5.74, 6) is 0. The van der Waals surface area contributed by atoms with Crippen molar-refractivity contribution in [2.45, 2.75) is 18.4 Å². The van der Waals surface area contributed by atoms with Crippen LogP contribution in [0.15, 0.2) is 42.5 Å². The SMILES string of the molecule is COC1(c2ccc3ccccc3c2)CC1. The summed E-state index contributed by atoms with van der Waals surface area (Å²) in [4.78, 5) is 0. The van der Waals surface area contributed by atoms with Crippen LogP contribution in [0.25, 0.3) is 10.8 Å². The molecular weight excluding hydrogens is 184 g/mol. The third-order valence-corrected chi connectivity index (χ3v) is 3.37. The van der Waals surface area contributed by atoms with Crippen molar-refractivity contribution >= 4 is 10.8 Å². The first-order valence-electron chi connectivity index (χ1n) is 5.38. The predicted octanol–water partition coefficient (Wildman–Crippen LogP) is 3.48. The van der Waals surface area contributed by atoms with Gasteiger partial charge in [-0.2, -0.15) is 0 Å². The highest BCUT2D eigenvalue weighted by Crippen LogP contribution is 2.49. The summed E-state index contributed by atoms with van der Waals surface area (Å²) in [5.41, 5.74) is 1.35. The van der Waals surface area contributed by atoms with E-state index in [0.717, 1.165) is 12.8 Å². The number of hydrogen-bond acceptors (Lipinski definition) is 1. The maximum Gasteiger partial charge on any atom is 0.0930 e. The summed E-state index contributed by atoms with van der Waals surface area (Å²) in [6.07, 6.45) is 2.31. The fraction of sp³-hybridized carbons (Fsp3) is 0.286. The van der Waals surface area contributed by atoms with Crippen LogP contribution in [0.1, 0.15) is 18.4 Å². The largest absolute Gasteiger partial charge is 0.374 e. The average Bonchev–Trinajstić information content (AvgIpc) is 3.09. The minimum Gasteiger partial charge on any atom is -0.374 e. The van der Waals surface area contributed by atoms with Gasteiger partial charge in [-0.25, -0.2) is 0 Å². The van der Waals surface area contributed by atoms with Gasteiger partial charge in [0.2, 0.25) is 0 Å². The lowest BCUT2D eigenvalue weighted by atomic mass is 10.0. The van der Waals surface area contributed by atoms with E-state index in [1.165, 1.54) is 16.3 Å². The molecule has 1 fully saturated rings. The summed E-state index contributed by atoms with van der Waals surface area (Å²) < 4.78 is 5.58. The highest BCUT2D eigenvalue weighted by atomic mass is 16.5. The zero-order valence-corrected chi connectivity index (χ0v) is 8.86. The molecule has 1 aliphatic rings. The molecule has 0 N–H and O–H groups in total. The lowest BCUT2D eigenvalue weighted by molar-refractivity contribution is 0.0790. The third kappa shape index (κ3) is 1.35. The number of rotatable bonds is 2. The monoisotopic (exact) mass is 198 g/mol. The van der Waals surface area contributed by atoms with Gasteiger partial charge in [0.25, 0.3) is 0 Å². The molecule has 2 aromatic carbocycles. The molecule has 0 unspecified atom stereocenters. The Balaban J connectivity index is 2.14. The number of ether oxygens (including phenoxy) is 1. The number of hydrogen-bond donors (Lipinski definition) is 0. The standard InChI is InChI=1S/C14H14O/c1-15-14(8-9-14)13-7-6-11-4-2-3-5-12(11)10-13/h2-7,10H,8-9H2,1H3. The van der Waals surface area contributed by atoms with Crippen molar-refractivity contribution in [1.82, 2.24) is 0 Å². The van der Waals surface area contributed by atoms with Crippen LogP contribution in [-0.2, 0) is 10.3 Å². The Labute approximate surface area is 89.7 Å². The summed E-state index contributed by atoms with van der Waals surface area (Å²) in [6.45, 7) is 0. The summed E-state index contributed by atoms with van der Waals surface area (Å²) in [5, 5.41) is 2.60. The Hall–Kier alpha value is -1.34. The topological polar surface area (TPSA) is 9.23 Å². The predicted molar refractivity (Wildman–Crippen MR) is 61.9 cm³/mol. The van der Waals surface area contributed by atoms with Crippen LogP contribution in [0.2, 0.25) is 0 Å². The third-order valence-electron chi connectivity index (χ3n) is 3.37. The van der Waals surface area contributed by atoms with Gasteiger partial charge in [-0.3, -0.25) is 0 Å². The summed E-state index contributed by atoms with van der Waals surface area (Å²) >= 11 is 0. The molecule has 1 aliphatic carbocycles. The maximum atomic E-state index is 5.58. The van der Waals surface area contributed by atoms with Crippen LogP contribution >= 0.6 is 0 Å². The Kier molecular flexibility index (Phi) is 1.83. The molecule has 15 heavy (non-hydrogen) atoms. The zero-order valence-electron chi connectivity index (χ0n) is 8.86. The number of benzene rings is 2. The van der Waals surface area contributed by atoms with Crippen LogP contribution in [-0.4, -0.2) is 7.11 Å². The van der Waals surface area contributed by atoms with Crippen LogP contribution < -0.4 is 0 Å². The number of fused-ring (bicyclic) bond motifs is 1. The normalized spacial score (nSPS) is 17.9. The Morgan fingerprint density at radius 1 is 1.00 bits per heavy atom. The van der Waals surface area contributed by atoms with Gasteiger partial charge in [0.05, 0.1) is 5.60 Å². The average molecular weight is 198 g/mol. The van der Waals surface area contributed by atoms with Crippen molar-refractivity contribution in [1.29, 1.82) is 0 Å². The van der Waals surface area contributed by atoms with E-state index in [1.807, 2.05) is 7.11 Å². The fourth-order valence-corrected chi connectivity index (χ4v) is 2.20. The van der Waals surface area contributed by atoms with Crippen molar-refractivity contribution < 1.29 is 4.74 Å². The quantitative estimate of drug-likeness (QED) is 0.718. The molecule has 0 aliphatic heterocycles. The molecule has 0 radical (unpaired) electrons. The molecule has 0 saturated heterocycles. The van der Waals surface area contributed by atoms with E-state index in [2.05, 4.69) is 42.5 Å².